The van der Waals surface area contributed by atoms with E-state index in [0.29, 0.717) is 19.6 Å². The van der Waals surface area contributed by atoms with Gasteiger partial charge in [-0.05, 0) is 46.0 Å². The highest BCUT2D eigenvalue weighted by atomic mass is 32.2. The molecule has 0 aromatic carbocycles. The van der Waals surface area contributed by atoms with Crippen molar-refractivity contribution in [1.82, 2.24) is 15.2 Å². The molecule has 5 N–H and O–H groups in total. The number of H-pyrrole nitrogens is 1. The van der Waals surface area contributed by atoms with Gasteiger partial charge >= 0.3 is 5.76 Å². The molecular formula is C17H28N5O5S+. The molecule has 0 saturated carbocycles. The van der Waals surface area contributed by atoms with Crippen molar-refractivity contribution >= 4 is 33.2 Å². The Balaban J connectivity index is 2.03. The number of rotatable bonds is 8. The average molecular weight is 415 g/mol. The summed E-state index contributed by atoms with van der Waals surface area (Å²) in [7, 11) is -3.70. The Hall–Kier alpha value is -2.27. The van der Waals surface area contributed by atoms with E-state index in [4.69, 9.17) is 15.3 Å². The summed E-state index contributed by atoms with van der Waals surface area (Å²) in [6.45, 7) is 5.53. The quantitative estimate of drug-likeness (QED) is 0.325. The number of sulfone groups is 1. The van der Waals surface area contributed by atoms with Gasteiger partial charge in [-0.15, -0.1) is 5.10 Å². The zero-order valence-corrected chi connectivity index (χ0v) is 17.1. The highest BCUT2D eigenvalue weighted by molar-refractivity contribution is 7.93. The van der Waals surface area contributed by atoms with Gasteiger partial charge in [-0.25, -0.2) is 13.5 Å². The number of anilines is 1. The minimum absolute atomic E-state index is 0.0659. The van der Waals surface area contributed by atoms with Crippen molar-refractivity contribution < 1.29 is 23.1 Å². The second-order valence-electron chi connectivity index (χ2n) is 7.38. The van der Waals surface area contributed by atoms with Crippen molar-refractivity contribution in [3.8, 4) is 0 Å². The van der Waals surface area contributed by atoms with E-state index in [0.717, 1.165) is 12.8 Å². The molecule has 2 heterocycles. The molecule has 1 saturated heterocycles. The predicted octanol–water partition coefficient (Wildman–Crippen LogP) is 0.858. The molecule has 1 fully saturated rings. The number of nitrogens with one attached hydrogen (secondary N) is 3. The SMILES string of the molecule is CC(=N)/C=C(\[OH2+])c1nc(NC(=O)C(C)(C)S(=O)(=O)CCC2CCOCC2)n[nH]1. The fourth-order valence-electron chi connectivity index (χ4n) is 2.73. The Morgan fingerprint density at radius 3 is 2.68 bits per heavy atom. The van der Waals surface area contributed by atoms with Gasteiger partial charge < -0.3 is 15.3 Å². The Morgan fingerprint density at radius 1 is 1.43 bits per heavy atom. The summed E-state index contributed by atoms with van der Waals surface area (Å²) in [4.78, 5) is 16.5. The molecule has 0 atom stereocenters. The second kappa shape index (κ2) is 8.82. The molecule has 1 aromatic rings. The summed E-state index contributed by atoms with van der Waals surface area (Å²) in [5.41, 5.74) is 0.170. The maximum absolute atomic E-state index is 12.8. The van der Waals surface area contributed by atoms with Crippen LogP contribution in [-0.4, -0.2) is 64.0 Å². The Labute approximate surface area is 164 Å². The molecule has 1 aliphatic rings. The number of aromatic amines is 1. The first-order valence-corrected chi connectivity index (χ1v) is 10.7. The largest absolute Gasteiger partial charge is 0.591 e. The molecule has 0 spiro atoms. The molecule has 0 radical (unpaired) electrons. The van der Waals surface area contributed by atoms with E-state index in [2.05, 4.69) is 20.5 Å². The van der Waals surface area contributed by atoms with Crippen molar-refractivity contribution in [3.05, 3.63) is 11.9 Å². The predicted molar refractivity (Wildman–Crippen MR) is 106 cm³/mol. The van der Waals surface area contributed by atoms with Crippen molar-refractivity contribution in [1.29, 1.82) is 5.41 Å². The standard InChI is InChI=1S/C17H27N5O5S/c1-11(18)10-13(23)14-19-16(22-21-14)20-15(24)17(2,3)28(25,26)9-6-12-4-7-27-8-5-12/h10,12,18,23H,4-9H2,1-3H3,(H2,19,20,21,22,24)/p+1/b13-10-,18-11?. The van der Waals surface area contributed by atoms with E-state index >= 15 is 0 Å². The maximum atomic E-state index is 12.8. The van der Waals surface area contributed by atoms with Crippen LogP contribution in [-0.2, 0) is 19.4 Å². The molecule has 156 valence electrons. The van der Waals surface area contributed by atoms with Gasteiger partial charge in [-0.1, -0.05) is 0 Å². The average Bonchev–Trinajstić information content (AvgIpc) is 3.09. The van der Waals surface area contributed by atoms with Crippen LogP contribution in [0.25, 0.3) is 5.76 Å². The van der Waals surface area contributed by atoms with E-state index in [1.807, 2.05) is 0 Å². The van der Waals surface area contributed by atoms with Crippen molar-refractivity contribution in [2.45, 2.75) is 44.8 Å². The number of allylic oxidation sites excluding steroid dienone is 1. The summed E-state index contributed by atoms with van der Waals surface area (Å²) >= 11 is 0. The molecule has 0 bridgehead atoms. The third-order valence-corrected chi connectivity index (χ3v) is 7.30. The molecule has 0 unspecified atom stereocenters. The van der Waals surface area contributed by atoms with Gasteiger partial charge in [0.1, 0.15) is 4.75 Å². The number of carbonyl (C=O) groups is 1. The Morgan fingerprint density at radius 2 is 2.07 bits per heavy atom. The molecule has 1 aromatic heterocycles. The van der Waals surface area contributed by atoms with E-state index < -0.39 is 20.5 Å². The minimum Gasteiger partial charge on any atom is -0.591 e. The van der Waals surface area contributed by atoms with E-state index in [1.54, 1.807) is 0 Å². The van der Waals surface area contributed by atoms with Gasteiger partial charge in [-0.3, -0.25) is 10.1 Å². The van der Waals surface area contributed by atoms with Crippen LogP contribution in [0.3, 0.4) is 0 Å². The number of ether oxygens (including phenoxy) is 1. The Bertz CT molecular complexity index is 853. The van der Waals surface area contributed by atoms with E-state index in [-0.39, 0.29) is 34.9 Å². The molecule has 2 rings (SSSR count). The fraction of sp³-hybridized carbons (Fsp3) is 0.647. The zero-order chi connectivity index (χ0) is 20.9. The summed E-state index contributed by atoms with van der Waals surface area (Å²) in [6.07, 6.45) is 3.45. The van der Waals surface area contributed by atoms with Gasteiger partial charge in [0.25, 0.3) is 0 Å². The van der Waals surface area contributed by atoms with Gasteiger partial charge in [0.2, 0.25) is 17.7 Å². The number of hydrogen-bond donors (Lipinski definition) is 3. The van der Waals surface area contributed by atoms with Gasteiger partial charge in [0.05, 0.1) is 11.8 Å². The van der Waals surface area contributed by atoms with Crippen LogP contribution in [0, 0.1) is 11.3 Å². The van der Waals surface area contributed by atoms with Crippen molar-refractivity contribution in [3.63, 3.8) is 0 Å². The Kier molecular flexibility index (Phi) is 6.94. The number of carbonyl (C=O) groups excluding carboxylic acids is 1. The molecular weight excluding hydrogens is 386 g/mol. The third-order valence-electron chi connectivity index (χ3n) is 4.79. The lowest BCUT2D eigenvalue weighted by molar-refractivity contribution is -0.117. The topological polar surface area (TPSA) is 161 Å². The highest BCUT2D eigenvalue weighted by Crippen LogP contribution is 2.25. The van der Waals surface area contributed by atoms with Crippen LogP contribution >= 0.6 is 0 Å². The summed E-state index contributed by atoms with van der Waals surface area (Å²) < 4.78 is 29.2. The molecule has 11 heteroatoms. The summed E-state index contributed by atoms with van der Waals surface area (Å²) in [5, 5.41) is 23.8. The number of nitrogens with zero attached hydrogens (tertiary/aromatic N) is 2. The highest BCUT2D eigenvalue weighted by Gasteiger charge is 2.42. The van der Waals surface area contributed by atoms with Crippen LogP contribution in [0.4, 0.5) is 5.95 Å². The summed E-state index contributed by atoms with van der Waals surface area (Å²) in [6, 6.07) is 0. The summed E-state index contributed by atoms with van der Waals surface area (Å²) in [5.74, 6) is -0.629. The molecule has 1 aliphatic heterocycles. The molecule has 10 nitrogen and oxygen atoms in total. The lowest BCUT2D eigenvalue weighted by Gasteiger charge is -2.26. The van der Waals surface area contributed by atoms with E-state index in [9.17, 15) is 13.2 Å². The van der Waals surface area contributed by atoms with Crippen molar-refractivity contribution in [2.24, 2.45) is 5.92 Å². The molecule has 0 aliphatic carbocycles. The number of amides is 1. The lowest BCUT2D eigenvalue weighted by atomic mass is 9.98. The lowest BCUT2D eigenvalue weighted by Crippen LogP contribution is -2.46. The van der Waals surface area contributed by atoms with Gasteiger partial charge in [-0.2, -0.15) is 4.98 Å². The first kappa shape index (κ1) is 22.0. The minimum atomic E-state index is -3.70. The smallest absolute Gasteiger partial charge is 0.300 e. The van der Waals surface area contributed by atoms with Crippen LogP contribution in [0.1, 0.15) is 45.9 Å². The first-order chi connectivity index (χ1) is 13.0. The zero-order valence-electron chi connectivity index (χ0n) is 16.3. The van der Waals surface area contributed by atoms with Crippen molar-refractivity contribution in [2.75, 3.05) is 24.3 Å². The van der Waals surface area contributed by atoms with E-state index in [1.165, 1.54) is 26.8 Å². The van der Waals surface area contributed by atoms with Crippen LogP contribution in [0.5, 0.6) is 0 Å². The van der Waals surface area contributed by atoms with Gasteiger partial charge in [0, 0.05) is 18.9 Å². The number of aromatic nitrogens is 3. The monoisotopic (exact) mass is 414 g/mol. The van der Waals surface area contributed by atoms with Crippen LogP contribution in [0.15, 0.2) is 6.08 Å². The first-order valence-electron chi connectivity index (χ1n) is 9.05. The normalized spacial score (nSPS) is 16.8. The van der Waals surface area contributed by atoms with Crippen LogP contribution in [0.2, 0.25) is 0 Å². The molecule has 1 amide bonds. The second-order valence-corrected chi connectivity index (χ2v) is 10.0. The maximum Gasteiger partial charge on any atom is 0.300 e. The fourth-order valence-corrected chi connectivity index (χ4v) is 4.22. The third kappa shape index (κ3) is 5.38. The van der Waals surface area contributed by atoms with Gasteiger partial charge in [0.15, 0.2) is 9.84 Å². The van der Waals surface area contributed by atoms with Crippen LogP contribution < -0.4 is 5.32 Å². The molecule has 28 heavy (non-hydrogen) atoms. The number of hydrogen-bond acceptors (Lipinski definition) is 7.